The molecule has 140 valence electrons. The van der Waals surface area contributed by atoms with Gasteiger partial charge < -0.3 is 15.0 Å². The third-order valence-electron chi connectivity index (χ3n) is 4.68. The van der Waals surface area contributed by atoms with Crippen LogP contribution in [0.15, 0.2) is 36.4 Å². The number of amides is 1. The number of likely N-dealkylation sites (N-methyl/N-ethyl adjacent to an activating group) is 1. The number of fused-ring (bicyclic) bond motifs is 1. The molecule has 0 atom stereocenters. The number of carbonyl (C=O) groups excluding carboxylic acids is 1. The van der Waals surface area contributed by atoms with Gasteiger partial charge >= 0.3 is 5.97 Å². The number of aromatic carboxylic acids is 1. The van der Waals surface area contributed by atoms with E-state index >= 15 is 0 Å². The molecular formula is C21H21ClN2O3. The third kappa shape index (κ3) is 3.69. The van der Waals surface area contributed by atoms with E-state index in [4.69, 9.17) is 11.6 Å². The molecule has 0 radical (unpaired) electrons. The lowest BCUT2D eigenvalue weighted by atomic mass is 10.0. The second-order valence-corrected chi connectivity index (χ2v) is 7.01. The van der Waals surface area contributed by atoms with Crippen LogP contribution in [0.5, 0.6) is 0 Å². The number of aryl methyl sites for hydroxylation is 2. The minimum absolute atomic E-state index is 0.0246. The van der Waals surface area contributed by atoms with Crippen molar-refractivity contribution in [2.75, 3.05) is 11.4 Å². The number of carboxylic acid groups (broad SMARTS) is 1. The zero-order chi connectivity index (χ0) is 19.7. The van der Waals surface area contributed by atoms with E-state index in [9.17, 15) is 14.7 Å². The van der Waals surface area contributed by atoms with Gasteiger partial charge in [-0.1, -0.05) is 23.7 Å². The topological polar surface area (TPSA) is 73.4 Å². The minimum atomic E-state index is -1.10. The van der Waals surface area contributed by atoms with Gasteiger partial charge in [-0.2, -0.15) is 0 Å². The number of rotatable bonds is 5. The van der Waals surface area contributed by atoms with Gasteiger partial charge in [0.2, 0.25) is 5.91 Å². The van der Waals surface area contributed by atoms with Crippen molar-refractivity contribution in [2.24, 2.45) is 0 Å². The number of nitrogens with one attached hydrogen (secondary N) is 1. The van der Waals surface area contributed by atoms with Crippen molar-refractivity contribution >= 4 is 40.1 Å². The molecule has 0 fully saturated rings. The summed E-state index contributed by atoms with van der Waals surface area (Å²) in [5.41, 5.74) is 4.03. The van der Waals surface area contributed by atoms with Crippen LogP contribution in [0.2, 0.25) is 5.02 Å². The number of hydrogen-bond acceptors (Lipinski definition) is 2. The van der Waals surface area contributed by atoms with Crippen LogP contribution >= 0.6 is 11.6 Å². The average molecular weight is 385 g/mol. The van der Waals surface area contributed by atoms with Crippen LogP contribution < -0.4 is 4.90 Å². The van der Waals surface area contributed by atoms with Crippen molar-refractivity contribution in [1.82, 2.24) is 4.98 Å². The predicted octanol–water partition coefficient (Wildman–Crippen LogP) is 4.73. The fourth-order valence-electron chi connectivity index (χ4n) is 3.32. The zero-order valence-corrected chi connectivity index (χ0v) is 16.2. The summed E-state index contributed by atoms with van der Waals surface area (Å²) < 4.78 is 0. The number of benzene rings is 2. The van der Waals surface area contributed by atoms with Gasteiger partial charge in [0.05, 0.1) is 6.42 Å². The van der Waals surface area contributed by atoms with E-state index in [1.165, 1.54) is 0 Å². The van der Waals surface area contributed by atoms with Crippen molar-refractivity contribution < 1.29 is 14.7 Å². The first-order valence-electron chi connectivity index (χ1n) is 8.72. The quantitative estimate of drug-likeness (QED) is 0.667. The maximum atomic E-state index is 13.1. The van der Waals surface area contributed by atoms with Crippen LogP contribution in [0.25, 0.3) is 10.9 Å². The molecule has 2 N–H and O–H groups in total. The largest absolute Gasteiger partial charge is 0.477 e. The molecule has 0 unspecified atom stereocenters. The maximum Gasteiger partial charge on any atom is 0.352 e. The number of aromatic amines is 1. The summed E-state index contributed by atoms with van der Waals surface area (Å²) >= 11 is 6.08. The first kappa shape index (κ1) is 19.0. The summed E-state index contributed by atoms with van der Waals surface area (Å²) in [6, 6.07) is 11.1. The zero-order valence-electron chi connectivity index (χ0n) is 15.5. The monoisotopic (exact) mass is 384 g/mol. The Balaban J connectivity index is 2.04. The Morgan fingerprint density at radius 2 is 1.89 bits per heavy atom. The average Bonchev–Trinajstić information content (AvgIpc) is 2.96. The van der Waals surface area contributed by atoms with Gasteiger partial charge in [0, 0.05) is 33.7 Å². The van der Waals surface area contributed by atoms with Gasteiger partial charge in [-0.05, 0) is 56.2 Å². The lowest BCUT2D eigenvalue weighted by Crippen LogP contribution is -2.33. The number of hydrogen-bond donors (Lipinski definition) is 2. The molecule has 27 heavy (non-hydrogen) atoms. The highest BCUT2D eigenvalue weighted by Crippen LogP contribution is 2.28. The Hall–Kier alpha value is -2.79. The second-order valence-electron chi connectivity index (χ2n) is 6.58. The van der Waals surface area contributed by atoms with Crippen LogP contribution in [0.3, 0.4) is 0 Å². The lowest BCUT2D eigenvalue weighted by molar-refractivity contribution is -0.117. The van der Waals surface area contributed by atoms with Crippen LogP contribution in [0.4, 0.5) is 5.69 Å². The van der Waals surface area contributed by atoms with E-state index in [0.29, 0.717) is 28.0 Å². The normalized spacial score (nSPS) is 11.0. The minimum Gasteiger partial charge on any atom is -0.477 e. The van der Waals surface area contributed by atoms with E-state index in [-0.39, 0.29) is 18.0 Å². The molecule has 1 amide bonds. The van der Waals surface area contributed by atoms with E-state index in [1.807, 2.05) is 39.0 Å². The Kier molecular flexibility index (Phi) is 5.24. The standard InChI is InChI=1S/C21H21ClN2O3/c1-4-24(18-9-12(2)5-6-13(18)3)19(25)11-16-15-10-14(22)7-8-17(15)23-20(16)21(26)27/h5-10,23H,4,11H2,1-3H3,(H,26,27). The Morgan fingerprint density at radius 3 is 2.56 bits per heavy atom. The molecule has 0 aliphatic carbocycles. The number of carboxylic acids is 1. The van der Waals surface area contributed by atoms with E-state index in [1.54, 1.807) is 23.1 Å². The molecule has 0 spiro atoms. The maximum absolute atomic E-state index is 13.1. The summed E-state index contributed by atoms with van der Waals surface area (Å²) in [6.45, 7) is 6.34. The van der Waals surface area contributed by atoms with Crippen molar-refractivity contribution in [3.8, 4) is 0 Å². The predicted molar refractivity (Wildman–Crippen MR) is 108 cm³/mol. The summed E-state index contributed by atoms with van der Waals surface area (Å²) in [5.74, 6) is -1.26. The first-order chi connectivity index (χ1) is 12.8. The number of carbonyl (C=O) groups is 2. The SMILES string of the molecule is CCN(C(=O)Cc1c(C(=O)O)[nH]c2ccc(Cl)cc12)c1cc(C)ccc1C. The summed E-state index contributed by atoms with van der Waals surface area (Å²) in [6.07, 6.45) is -0.0246. The Bertz CT molecular complexity index is 1040. The smallest absolute Gasteiger partial charge is 0.352 e. The molecule has 0 bridgehead atoms. The molecule has 3 rings (SSSR count). The van der Waals surface area contributed by atoms with Crippen molar-refractivity contribution in [1.29, 1.82) is 0 Å². The number of anilines is 1. The number of halogens is 1. The highest BCUT2D eigenvalue weighted by Gasteiger charge is 2.23. The first-order valence-corrected chi connectivity index (χ1v) is 9.10. The van der Waals surface area contributed by atoms with Gasteiger partial charge in [0.15, 0.2) is 0 Å². The van der Waals surface area contributed by atoms with Gasteiger partial charge in [-0.15, -0.1) is 0 Å². The van der Waals surface area contributed by atoms with Gasteiger partial charge in [0.25, 0.3) is 0 Å². The van der Waals surface area contributed by atoms with Gasteiger partial charge in [-0.25, -0.2) is 4.79 Å². The van der Waals surface area contributed by atoms with Crippen molar-refractivity contribution in [3.05, 3.63) is 63.8 Å². The molecule has 0 saturated heterocycles. The fourth-order valence-corrected chi connectivity index (χ4v) is 3.50. The summed E-state index contributed by atoms with van der Waals surface area (Å²) in [4.78, 5) is 29.3. The molecule has 5 nitrogen and oxygen atoms in total. The highest BCUT2D eigenvalue weighted by atomic mass is 35.5. The molecule has 0 aliphatic rings. The number of H-pyrrole nitrogens is 1. The molecule has 6 heteroatoms. The third-order valence-corrected chi connectivity index (χ3v) is 4.92. The Labute approximate surface area is 162 Å². The molecule has 1 heterocycles. The molecule has 0 saturated carbocycles. The van der Waals surface area contributed by atoms with Crippen LogP contribution in [-0.4, -0.2) is 28.5 Å². The van der Waals surface area contributed by atoms with Crippen molar-refractivity contribution in [2.45, 2.75) is 27.2 Å². The van der Waals surface area contributed by atoms with Gasteiger partial charge in [-0.3, -0.25) is 4.79 Å². The van der Waals surface area contributed by atoms with E-state index in [2.05, 4.69) is 4.98 Å². The molecule has 1 aromatic heterocycles. The lowest BCUT2D eigenvalue weighted by Gasteiger charge is -2.23. The molecular weight excluding hydrogens is 364 g/mol. The molecule has 2 aromatic carbocycles. The Morgan fingerprint density at radius 1 is 1.15 bits per heavy atom. The summed E-state index contributed by atoms with van der Waals surface area (Å²) in [5, 5.41) is 10.7. The number of aromatic nitrogens is 1. The number of nitrogens with zero attached hydrogens (tertiary/aromatic N) is 1. The van der Waals surface area contributed by atoms with Crippen LogP contribution in [0.1, 0.15) is 34.1 Å². The fraction of sp³-hybridized carbons (Fsp3) is 0.238. The van der Waals surface area contributed by atoms with Crippen molar-refractivity contribution in [3.63, 3.8) is 0 Å². The van der Waals surface area contributed by atoms with Gasteiger partial charge in [0.1, 0.15) is 5.69 Å². The van der Waals surface area contributed by atoms with Crippen LogP contribution in [-0.2, 0) is 11.2 Å². The summed E-state index contributed by atoms with van der Waals surface area (Å²) in [7, 11) is 0. The molecule has 0 aliphatic heterocycles. The highest BCUT2D eigenvalue weighted by molar-refractivity contribution is 6.31. The van der Waals surface area contributed by atoms with E-state index < -0.39 is 5.97 Å². The second kappa shape index (κ2) is 7.45. The molecule has 3 aromatic rings. The van der Waals surface area contributed by atoms with Crippen LogP contribution in [0, 0.1) is 13.8 Å². The van der Waals surface area contributed by atoms with E-state index in [0.717, 1.165) is 16.8 Å².